The summed E-state index contributed by atoms with van der Waals surface area (Å²) in [4.78, 5) is 8.47. The summed E-state index contributed by atoms with van der Waals surface area (Å²) in [6.07, 6.45) is 0. The molecule has 2 N–H and O–H groups in total. The van der Waals surface area contributed by atoms with Gasteiger partial charge in [-0.05, 0) is 20.8 Å². The Balaban J connectivity index is 0.000000631. The van der Waals surface area contributed by atoms with E-state index in [0.717, 1.165) is 0 Å². The molecule has 18 heavy (non-hydrogen) atoms. The topological polar surface area (TPSA) is 60.5 Å². The lowest BCUT2D eigenvalue weighted by Gasteiger charge is -2.35. The second-order valence-corrected chi connectivity index (χ2v) is 4.19. The van der Waals surface area contributed by atoms with Crippen molar-refractivity contribution in [2.45, 2.75) is 27.3 Å². The molecule has 1 aromatic carbocycles. The Kier molecular flexibility index (Phi) is 7.71. The molecule has 0 amide bonds. The van der Waals surface area contributed by atoms with Gasteiger partial charge >= 0.3 is 5.09 Å². The average molecular weight is 256 g/mol. The molecule has 5 nitrogen and oxygen atoms in total. The maximum atomic E-state index is 8.47. The third-order valence-corrected chi connectivity index (χ3v) is 3.37. The lowest BCUT2D eigenvalue weighted by Crippen LogP contribution is -2.46. The summed E-state index contributed by atoms with van der Waals surface area (Å²) in [5.74, 6) is 0. The Morgan fingerprint density at radius 1 is 1.00 bits per heavy atom. The number of quaternary nitrogens is 1. The lowest BCUT2D eigenvalue weighted by molar-refractivity contribution is -0.969. The average Bonchev–Trinajstić information content (AvgIpc) is 2.37. The van der Waals surface area contributed by atoms with Crippen molar-refractivity contribution in [1.29, 1.82) is 0 Å². The third-order valence-electron chi connectivity index (χ3n) is 3.37. The first kappa shape index (κ1) is 16.4. The summed E-state index contributed by atoms with van der Waals surface area (Å²) in [6, 6.07) is 10.8. The highest BCUT2D eigenvalue weighted by Crippen LogP contribution is 2.13. The Labute approximate surface area is 108 Å². The van der Waals surface area contributed by atoms with Crippen LogP contribution in [0, 0.1) is 4.91 Å². The number of benzene rings is 1. The van der Waals surface area contributed by atoms with Crippen LogP contribution in [0.1, 0.15) is 26.3 Å². The SMILES string of the molecule is CC[N+](CC)(CC)Cc1ccccc1.O=[N+](O)O. The number of hydrogen-bond acceptors (Lipinski definition) is 1. The Hall–Kier alpha value is -1.62. The smallest absolute Gasteiger partial charge is 0.321 e. The minimum Gasteiger partial charge on any atom is -0.321 e. The van der Waals surface area contributed by atoms with Crippen molar-refractivity contribution in [3.8, 4) is 0 Å². The molecule has 0 unspecified atom stereocenters. The number of nitrogens with zero attached hydrogens (tertiary/aromatic N) is 2. The van der Waals surface area contributed by atoms with E-state index in [4.69, 9.17) is 15.3 Å². The molecule has 1 aromatic rings. The molecular formula is C13H24N2O3+2. The van der Waals surface area contributed by atoms with Crippen molar-refractivity contribution in [3.05, 3.63) is 40.8 Å². The first-order valence-corrected chi connectivity index (χ1v) is 6.23. The van der Waals surface area contributed by atoms with Crippen LogP contribution in [0.5, 0.6) is 0 Å². The molecule has 0 saturated carbocycles. The highest BCUT2D eigenvalue weighted by atomic mass is 16.9. The molecule has 0 heterocycles. The predicted molar refractivity (Wildman–Crippen MR) is 69.2 cm³/mol. The fraction of sp³-hybridized carbons (Fsp3) is 0.538. The normalized spacial score (nSPS) is 10.4. The summed E-state index contributed by atoms with van der Waals surface area (Å²) in [7, 11) is 0. The van der Waals surface area contributed by atoms with E-state index in [1.165, 1.54) is 36.2 Å². The summed E-state index contributed by atoms with van der Waals surface area (Å²) >= 11 is 0. The van der Waals surface area contributed by atoms with E-state index in [-0.39, 0.29) is 0 Å². The van der Waals surface area contributed by atoms with Gasteiger partial charge in [0.05, 0.1) is 19.6 Å². The molecular weight excluding hydrogens is 232 g/mol. The zero-order valence-corrected chi connectivity index (χ0v) is 11.4. The first-order chi connectivity index (χ1) is 8.49. The largest absolute Gasteiger partial charge is 0.472 e. The number of rotatable bonds is 5. The Bertz CT molecular complexity index is 325. The second kappa shape index (κ2) is 8.47. The lowest BCUT2D eigenvalue weighted by atomic mass is 10.2. The monoisotopic (exact) mass is 256 g/mol. The van der Waals surface area contributed by atoms with Crippen LogP contribution in [0.3, 0.4) is 0 Å². The molecule has 0 saturated heterocycles. The molecule has 0 fully saturated rings. The predicted octanol–water partition coefficient (Wildman–Crippen LogP) is 2.61. The van der Waals surface area contributed by atoms with Crippen LogP contribution in [0.15, 0.2) is 30.3 Å². The van der Waals surface area contributed by atoms with Crippen LogP contribution in [-0.2, 0) is 6.54 Å². The van der Waals surface area contributed by atoms with Crippen LogP contribution in [0.4, 0.5) is 0 Å². The molecule has 1 rings (SSSR count). The van der Waals surface area contributed by atoms with Gasteiger partial charge in [0.2, 0.25) is 0 Å². The molecule has 102 valence electrons. The van der Waals surface area contributed by atoms with Crippen LogP contribution in [0.25, 0.3) is 0 Å². The van der Waals surface area contributed by atoms with Gasteiger partial charge in [-0.15, -0.1) is 0 Å². The molecule has 0 bridgehead atoms. The van der Waals surface area contributed by atoms with Gasteiger partial charge in [-0.25, -0.2) is 10.4 Å². The molecule has 0 aromatic heterocycles. The Morgan fingerprint density at radius 3 is 1.72 bits per heavy atom. The highest BCUT2D eigenvalue weighted by molar-refractivity contribution is 5.13. The van der Waals surface area contributed by atoms with Gasteiger partial charge < -0.3 is 4.48 Å². The van der Waals surface area contributed by atoms with Crippen LogP contribution < -0.4 is 0 Å². The second-order valence-electron chi connectivity index (χ2n) is 4.19. The quantitative estimate of drug-likeness (QED) is 0.629. The van der Waals surface area contributed by atoms with E-state index < -0.39 is 5.09 Å². The van der Waals surface area contributed by atoms with E-state index in [1.54, 1.807) is 0 Å². The fourth-order valence-corrected chi connectivity index (χ4v) is 1.98. The number of hydrogen-bond donors (Lipinski definition) is 2. The van der Waals surface area contributed by atoms with Gasteiger partial charge in [0, 0.05) is 5.56 Å². The molecule has 0 aliphatic rings. The van der Waals surface area contributed by atoms with Crippen molar-refractivity contribution >= 4 is 0 Å². The van der Waals surface area contributed by atoms with Crippen molar-refractivity contribution in [2.75, 3.05) is 19.6 Å². The standard InChI is InChI=1S/C13H22N.H2NO3/c1-4-14(5-2,6-3)12-13-10-8-7-9-11-13;2-1(3)4/h7-11H,4-6,12H2,1-3H3;(H2,2,3,4)/q2*+1. The van der Waals surface area contributed by atoms with Gasteiger partial charge in [0.25, 0.3) is 0 Å². The molecule has 0 atom stereocenters. The molecule has 0 radical (unpaired) electrons. The third kappa shape index (κ3) is 6.20. The van der Waals surface area contributed by atoms with E-state index in [9.17, 15) is 0 Å². The van der Waals surface area contributed by atoms with Crippen molar-refractivity contribution in [3.63, 3.8) is 0 Å². The summed E-state index contributed by atoms with van der Waals surface area (Å²) in [5, 5.41) is 12.5. The maximum Gasteiger partial charge on any atom is 0.472 e. The molecule has 5 heteroatoms. The summed E-state index contributed by atoms with van der Waals surface area (Å²) < 4.78 is 1.20. The highest BCUT2D eigenvalue weighted by Gasteiger charge is 2.20. The van der Waals surface area contributed by atoms with E-state index >= 15 is 0 Å². The van der Waals surface area contributed by atoms with Crippen LogP contribution in [-0.4, -0.2) is 39.6 Å². The summed E-state index contributed by atoms with van der Waals surface area (Å²) in [6.45, 7) is 11.7. The minimum absolute atomic E-state index is 1.17. The van der Waals surface area contributed by atoms with Gasteiger partial charge in [0.15, 0.2) is 0 Å². The van der Waals surface area contributed by atoms with Gasteiger partial charge in [-0.2, -0.15) is 0 Å². The summed E-state index contributed by atoms with van der Waals surface area (Å²) in [5.41, 5.74) is 1.46. The zero-order valence-electron chi connectivity index (χ0n) is 11.4. The zero-order chi connectivity index (χ0) is 14.0. The molecule has 0 aliphatic heterocycles. The van der Waals surface area contributed by atoms with Gasteiger partial charge in [0.1, 0.15) is 11.5 Å². The fourth-order valence-electron chi connectivity index (χ4n) is 1.98. The Morgan fingerprint density at radius 2 is 1.39 bits per heavy atom. The van der Waals surface area contributed by atoms with Crippen LogP contribution >= 0.6 is 0 Å². The van der Waals surface area contributed by atoms with Crippen molar-refractivity contribution in [1.82, 2.24) is 0 Å². The molecule has 0 aliphatic carbocycles. The minimum atomic E-state index is -1.25. The van der Waals surface area contributed by atoms with E-state index in [0.29, 0.717) is 0 Å². The van der Waals surface area contributed by atoms with Crippen molar-refractivity contribution < 1.29 is 20.0 Å². The first-order valence-electron chi connectivity index (χ1n) is 6.23. The van der Waals surface area contributed by atoms with E-state index in [1.807, 2.05) is 0 Å². The van der Waals surface area contributed by atoms with Crippen molar-refractivity contribution in [2.24, 2.45) is 0 Å². The van der Waals surface area contributed by atoms with E-state index in [2.05, 4.69) is 51.1 Å². The van der Waals surface area contributed by atoms with Gasteiger partial charge in [-0.1, -0.05) is 30.3 Å². The van der Waals surface area contributed by atoms with Gasteiger partial charge in [-0.3, -0.25) is 0 Å². The van der Waals surface area contributed by atoms with Crippen LogP contribution in [0.2, 0.25) is 0 Å². The molecule has 0 spiro atoms. The maximum absolute atomic E-state index is 8.47.